The molecule has 58 valence electrons. The highest BCUT2D eigenvalue weighted by atomic mass is 35.5. The lowest BCUT2D eigenvalue weighted by Gasteiger charge is -1.94. The third-order valence-corrected chi connectivity index (χ3v) is 1.89. The first-order chi connectivity index (χ1) is 5.83. The molecule has 4 heteroatoms. The van der Waals surface area contributed by atoms with Gasteiger partial charge in [-0.05, 0) is 12.1 Å². The molecule has 0 bridgehead atoms. The lowest BCUT2D eigenvalue weighted by molar-refractivity contribution is 1.18. The Morgan fingerprint density at radius 2 is 2.42 bits per heavy atom. The normalized spacial score (nSPS) is 10.0. The molecule has 0 radical (unpaired) electrons. The molecule has 0 N–H and O–H groups in total. The third-order valence-electron chi connectivity index (χ3n) is 1.61. The molecule has 3 nitrogen and oxygen atoms in total. The van der Waals surface area contributed by atoms with Gasteiger partial charge in [0.2, 0.25) is 0 Å². The van der Waals surface area contributed by atoms with E-state index in [0.717, 1.165) is 0 Å². The molecule has 0 unspecified atom stereocenters. The van der Waals surface area contributed by atoms with Gasteiger partial charge in [0.25, 0.3) is 0 Å². The summed E-state index contributed by atoms with van der Waals surface area (Å²) < 4.78 is 1.67. The number of hydrogen-bond acceptors (Lipinski definition) is 2. The molecule has 2 aromatic rings. The van der Waals surface area contributed by atoms with E-state index in [1.165, 1.54) is 6.20 Å². The van der Waals surface area contributed by atoms with E-state index in [2.05, 4.69) is 4.98 Å². The number of aromatic nitrogens is 2. The summed E-state index contributed by atoms with van der Waals surface area (Å²) in [6.07, 6.45) is 3.29. The van der Waals surface area contributed by atoms with Gasteiger partial charge in [-0.15, -0.1) is 0 Å². The van der Waals surface area contributed by atoms with E-state index < -0.39 is 0 Å². The number of rotatable bonds is 0. The molecule has 0 amide bonds. The Kier molecular flexibility index (Phi) is 1.49. The second-order valence-electron chi connectivity index (χ2n) is 2.31. The molecule has 12 heavy (non-hydrogen) atoms. The zero-order chi connectivity index (χ0) is 8.55. The SMILES string of the molecule is N#Cc1cccn2c(Cl)cnc12. The number of pyridine rings is 1. The number of nitriles is 1. The number of hydrogen-bond donors (Lipinski definition) is 0. The van der Waals surface area contributed by atoms with Crippen molar-refractivity contribution in [3.8, 4) is 6.07 Å². The topological polar surface area (TPSA) is 41.1 Å². The summed E-state index contributed by atoms with van der Waals surface area (Å²) in [5.74, 6) is 0. The minimum atomic E-state index is 0.516. The van der Waals surface area contributed by atoms with Gasteiger partial charge in [-0.1, -0.05) is 11.6 Å². The summed E-state index contributed by atoms with van der Waals surface area (Å²) in [7, 11) is 0. The van der Waals surface area contributed by atoms with Crippen LogP contribution in [-0.4, -0.2) is 9.38 Å². The maximum atomic E-state index is 8.70. The average Bonchev–Trinajstić information content (AvgIpc) is 2.48. The lowest BCUT2D eigenvalue weighted by Crippen LogP contribution is -1.86. The monoisotopic (exact) mass is 177 g/mol. The molecular formula is C8H4ClN3. The van der Waals surface area contributed by atoms with Crippen LogP contribution in [0, 0.1) is 11.3 Å². The highest BCUT2D eigenvalue weighted by Gasteiger charge is 2.03. The molecule has 2 rings (SSSR count). The molecule has 0 aliphatic carbocycles. The Morgan fingerprint density at radius 1 is 1.58 bits per heavy atom. The summed E-state index contributed by atoms with van der Waals surface area (Å²) >= 11 is 5.79. The van der Waals surface area contributed by atoms with Crippen molar-refractivity contribution in [2.45, 2.75) is 0 Å². The van der Waals surface area contributed by atoms with Crippen LogP contribution in [0.25, 0.3) is 5.65 Å². The van der Waals surface area contributed by atoms with E-state index in [9.17, 15) is 0 Å². The predicted octanol–water partition coefficient (Wildman–Crippen LogP) is 1.86. The summed E-state index contributed by atoms with van der Waals surface area (Å²) in [6, 6.07) is 5.51. The summed E-state index contributed by atoms with van der Waals surface area (Å²) in [6.45, 7) is 0. The molecule has 0 aromatic carbocycles. The van der Waals surface area contributed by atoms with Crippen LogP contribution in [0.4, 0.5) is 0 Å². The second-order valence-corrected chi connectivity index (χ2v) is 2.70. The number of imidazole rings is 1. The van der Waals surface area contributed by atoms with Crippen LogP contribution >= 0.6 is 11.6 Å². The fraction of sp³-hybridized carbons (Fsp3) is 0. The van der Waals surface area contributed by atoms with E-state index in [0.29, 0.717) is 16.4 Å². The highest BCUT2D eigenvalue weighted by molar-refractivity contribution is 6.29. The molecule has 2 aromatic heterocycles. The summed E-state index contributed by atoms with van der Waals surface area (Å²) in [5.41, 5.74) is 1.13. The summed E-state index contributed by atoms with van der Waals surface area (Å²) in [5, 5.41) is 9.21. The zero-order valence-corrected chi connectivity index (χ0v) is 6.78. The zero-order valence-electron chi connectivity index (χ0n) is 6.03. The van der Waals surface area contributed by atoms with E-state index in [4.69, 9.17) is 16.9 Å². The van der Waals surface area contributed by atoms with Crippen LogP contribution in [0.15, 0.2) is 24.5 Å². The second kappa shape index (κ2) is 2.50. The third kappa shape index (κ3) is 0.858. The van der Waals surface area contributed by atoms with E-state index in [-0.39, 0.29) is 0 Å². The van der Waals surface area contributed by atoms with Crippen molar-refractivity contribution in [2.24, 2.45) is 0 Å². The van der Waals surface area contributed by atoms with E-state index in [1.54, 1.807) is 22.7 Å². The van der Waals surface area contributed by atoms with Crippen molar-refractivity contribution in [1.29, 1.82) is 5.26 Å². The molecule has 0 aliphatic rings. The fourth-order valence-electron chi connectivity index (χ4n) is 1.07. The Balaban J connectivity index is 2.92. The molecule has 2 heterocycles. The van der Waals surface area contributed by atoms with Gasteiger partial charge in [0.15, 0.2) is 5.65 Å². The quantitative estimate of drug-likeness (QED) is 0.616. The van der Waals surface area contributed by atoms with E-state index in [1.807, 2.05) is 6.07 Å². The smallest absolute Gasteiger partial charge is 0.155 e. The first kappa shape index (κ1) is 7.14. The van der Waals surface area contributed by atoms with Gasteiger partial charge in [-0.2, -0.15) is 5.26 Å². The van der Waals surface area contributed by atoms with Crippen molar-refractivity contribution in [1.82, 2.24) is 9.38 Å². The first-order valence-corrected chi connectivity index (χ1v) is 3.72. The maximum absolute atomic E-state index is 8.70. The van der Waals surface area contributed by atoms with Crippen LogP contribution in [0.1, 0.15) is 5.56 Å². The average molecular weight is 178 g/mol. The Hall–Kier alpha value is -1.53. The molecule has 0 atom stereocenters. The largest absolute Gasteiger partial charge is 0.289 e. The van der Waals surface area contributed by atoms with Gasteiger partial charge in [-0.25, -0.2) is 4.98 Å². The molecule has 0 saturated heterocycles. The molecular weight excluding hydrogens is 174 g/mol. The molecule has 0 fully saturated rings. The molecule has 0 aliphatic heterocycles. The number of halogens is 1. The lowest BCUT2D eigenvalue weighted by atomic mass is 10.3. The van der Waals surface area contributed by atoms with Gasteiger partial charge in [-0.3, -0.25) is 4.40 Å². The fourth-order valence-corrected chi connectivity index (χ4v) is 1.25. The van der Waals surface area contributed by atoms with Gasteiger partial charge in [0.05, 0.1) is 11.8 Å². The van der Waals surface area contributed by atoms with Crippen LogP contribution in [0.3, 0.4) is 0 Å². The van der Waals surface area contributed by atoms with Gasteiger partial charge in [0, 0.05) is 6.20 Å². The van der Waals surface area contributed by atoms with Crippen molar-refractivity contribution in [2.75, 3.05) is 0 Å². The maximum Gasteiger partial charge on any atom is 0.155 e. The van der Waals surface area contributed by atoms with E-state index >= 15 is 0 Å². The van der Waals surface area contributed by atoms with Crippen molar-refractivity contribution >= 4 is 17.2 Å². The van der Waals surface area contributed by atoms with Crippen molar-refractivity contribution in [3.05, 3.63) is 35.2 Å². The van der Waals surface area contributed by atoms with Crippen molar-refractivity contribution in [3.63, 3.8) is 0 Å². The first-order valence-electron chi connectivity index (χ1n) is 3.34. The van der Waals surface area contributed by atoms with Crippen LogP contribution in [-0.2, 0) is 0 Å². The molecule has 0 spiro atoms. The predicted molar refractivity (Wildman–Crippen MR) is 44.9 cm³/mol. The van der Waals surface area contributed by atoms with Gasteiger partial charge in [0.1, 0.15) is 11.2 Å². The number of nitrogens with zero attached hydrogens (tertiary/aromatic N) is 3. The minimum absolute atomic E-state index is 0.516. The Labute approximate surface area is 73.8 Å². The Morgan fingerprint density at radius 3 is 3.17 bits per heavy atom. The minimum Gasteiger partial charge on any atom is -0.289 e. The van der Waals surface area contributed by atoms with Crippen LogP contribution < -0.4 is 0 Å². The number of fused-ring (bicyclic) bond motifs is 1. The van der Waals surface area contributed by atoms with Crippen molar-refractivity contribution < 1.29 is 0 Å². The van der Waals surface area contributed by atoms with Crippen LogP contribution in [0.5, 0.6) is 0 Å². The van der Waals surface area contributed by atoms with Gasteiger partial charge < -0.3 is 0 Å². The van der Waals surface area contributed by atoms with Gasteiger partial charge >= 0.3 is 0 Å². The highest BCUT2D eigenvalue weighted by Crippen LogP contribution is 2.14. The standard InChI is InChI=1S/C8H4ClN3/c9-7-5-11-8-6(4-10)2-1-3-12(7)8/h1-3,5H. The Bertz CT molecular complexity index is 467. The van der Waals surface area contributed by atoms with Crippen LogP contribution in [0.2, 0.25) is 5.15 Å². The summed E-state index contributed by atoms with van der Waals surface area (Å²) in [4.78, 5) is 4.00. The molecule has 0 saturated carbocycles.